The normalized spacial score (nSPS) is 10.4. The van der Waals surface area contributed by atoms with Crippen LogP contribution in [-0.4, -0.2) is 41.8 Å². The van der Waals surface area contributed by atoms with E-state index >= 15 is 0 Å². The average Bonchev–Trinajstić information content (AvgIpc) is 2.45. The summed E-state index contributed by atoms with van der Waals surface area (Å²) in [6, 6.07) is 0. The molecule has 8 nitrogen and oxygen atoms in total. The molecule has 0 unspecified atom stereocenters. The monoisotopic (exact) mass is 298 g/mol. The molecule has 0 radical (unpaired) electrons. The zero-order chi connectivity index (χ0) is 15.7. The second-order valence-electron chi connectivity index (χ2n) is 4.42. The largest absolute Gasteiger partial charge is 0.473 e. The van der Waals surface area contributed by atoms with Gasteiger partial charge in [-0.15, -0.1) is 0 Å². The van der Waals surface area contributed by atoms with Gasteiger partial charge in [-0.1, -0.05) is 13.8 Å². The maximum absolute atomic E-state index is 11.3. The van der Waals surface area contributed by atoms with E-state index in [0.29, 0.717) is 32.0 Å². The minimum atomic E-state index is -0.518. The van der Waals surface area contributed by atoms with Crippen LogP contribution >= 0.6 is 0 Å². The molecule has 0 saturated carbocycles. The number of nitrogens with one attached hydrogen (secondary N) is 1. The standard InChI is InChI=1S/C13H22N4O4/c1-4-6-10-15-12(14-7-9-20-3)11(17(18)19)13(16-10)21-8-5-2/h4-9H2,1-3H3,(H,14,15,16). The Labute approximate surface area is 124 Å². The molecule has 0 amide bonds. The van der Waals surface area contributed by atoms with Crippen LogP contribution < -0.4 is 10.1 Å². The predicted molar refractivity (Wildman–Crippen MR) is 78.8 cm³/mol. The van der Waals surface area contributed by atoms with E-state index in [9.17, 15) is 10.1 Å². The lowest BCUT2D eigenvalue weighted by Gasteiger charge is -2.11. The number of nitro groups is 1. The van der Waals surface area contributed by atoms with E-state index in [1.807, 2.05) is 13.8 Å². The number of hydrogen-bond acceptors (Lipinski definition) is 7. The molecule has 1 heterocycles. The van der Waals surface area contributed by atoms with Gasteiger partial charge in [0.1, 0.15) is 5.82 Å². The average molecular weight is 298 g/mol. The van der Waals surface area contributed by atoms with E-state index in [1.165, 1.54) is 0 Å². The maximum atomic E-state index is 11.3. The lowest BCUT2D eigenvalue weighted by Crippen LogP contribution is -2.14. The Bertz CT molecular complexity index is 468. The molecule has 0 aliphatic rings. The van der Waals surface area contributed by atoms with Crippen LogP contribution in [0.3, 0.4) is 0 Å². The van der Waals surface area contributed by atoms with Gasteiger partial charge in [0.15, 0.2) is 0 Å². The van der Waals surface area contributed by atoms with Crippen molar-refractivity contribution >= 4 is 11.5 Å². The SMILES string of the molecule is CCCOc1nc(CCC)nc(NCCOC)c1[N+](=O)[O-]. The van der Waals surface area contributed by atoms with Gasteiger partial charge in [-0.25, -0.2) is 4.98 Å². The number of ether oxygens (including phenoxy) is 2. The highest BCUT2D eigenvalue weighted by atomic mass is 16.6. The molecule has 1 aromatic heterocycles. The van der Waals surface area contributed by atoms with Crippen LogP contribution in [0.2, 0.25) is 0 Å². The van der Waals surface area contributed by atoms with Crippen LogP contribution in [0, 0.1) is 10.1 Å². The fraction of sp³-hybridized carbons (Fsp3) is 0.692. The molecule has 1 N–H and O–H groups in total. The molecule has 1 rings (SSSR count). The number of nitrogens with zero attached hydrogens (tertiary/aromatic N) is 3. The van der Waals surface area contributed by atoms with E-state index < -0.39 is 4.92 Å². The molecular formula is C13H22N4O4. The molecule has 0 atom stereocenters. The van der Waals surface area contributed by atoms with Gasteiger partial charge in [-0.3, -0.25) is 10.1 Å². The zero-order valence-corrected chi connectivity index (χ0v) is 12.7. The molecule has 0 aliphatic carbocycles. The van der Waals surface area contributed by atoms with Gasteiger partial charge in [0.05, 0.1) is 18.1 Å². The Hall–Kier alpha value is -1.96. The van der Waals surface area contributed by atoms with Crippen molar-refractivity contribution in [3.8, 4) is 5.88 Å². The lowest BCUT2D eigenvalue weighted by molar-refractivity contribution is -0.385. The molecule has 0 saturated heterocycles. The molecular weight excluding hydrogens is 276 g/mol. The maximum Gasteiger partial charge on any atom is 0.372 e. The fourth-order valence-electron chi connectivity index (χ4n) is 1.67. The van der Waals surface area contributed by atoms with Crippen molar-refractivity contribution in [1.29, 1.82) is 0 Å². The molecule has 0 aliphatic heterocycles. The van der Waals surface area contributed by atoms with E-state index in [1.54, 1.807) is 7.11 Å². The predicted octanol–water partition coefficient (Wildman–Crippen LogP) is 2.18. The van der Waals surface area contributed by atoms with E-state index in [0.717, 1.165) is 12.8 Å². The first-order valence-corrected chi connectivity index (χ1v) is 7.04. The van der Waals surface area contributed by atoms with Gasteiger partial charge in [0.25, 0.3) is 5.88 Å². The number of aryl methyl sites for hydroxylation is 1. The second kappa shape index (κ2) is 9.06. The van der Waals surface area contributed by atoms with Gasteiger partial charge >= 0.3 is 5.69 Å². The van der Waals surface area contributed by atoms with Crippen molar-refractivity contribution < 1.29 is 14.4 Å². The summed E-state index contributed by atoms with van der Waals surface area (Å²) >= 11 is 0. The Kier molecular flexibility index (Phi) is 7.38. The summed E-state index contributed by atoms with van der Waals surface area (Å²) in [6.07, 6.45) is 2.23. The second-order valence-corrected chi connectivity index (χ2v) is 4.42. The van der Waals surface area contributed by atoms with Crippen molar-refractivity contribution in [1.82, 2.24) is 9.97 Å². The van der Waals surface area contributed by atoms with Crippen LogP contribution in [0.1, 0.15) is 32.5 Å². The van der Waals surface area contributed by atoms with E-state index in [2.05, 4.69) is 15.3 Å². The Morgan fingerprint density at radius 1 is 1.24 bits per heavy atom. The van der Waals surface area contributed by atoms with Gasteiger partial charge in [0, 0.05) is 20.1 Å². The van der Waals surface area contributed by atoms with Crippen molar-refractivity contribution in [3.63, 3.8) is 0 Å². The quantitative estimate of drug-likeness (QED) is 0.401. The molecule has 118 valence electrons. The number of methoxy groups -OCH3 is 1. The van der Waals surface area contributed by atoms with Crippen molar-refractivity contribution in [2.45, 2.75) is 33.1 Å². The van der Waals surface area contributed by atoms with Crippen molar-refractivity contribution in [2.75, 3.05) is 32.2 Å². The summed E-state index contributed by atoms with van der Waals surface area (Å²) in [5.74, 6) is 0.746. The lowest BCUT2D eigenvalue weighted by atomic mass is 10.3. The van der Waals surface area contributed by atoms with E-state index in [4.69, 9.17) is 9.47 Å². The highest BCUT2D eigenvalue weighted by molar-refractivity contribution is 5.61. The first-order valence-electron chi connectivity index (χ1n) is 7.04. The highest BCUT2D eigenvalue weighted by Crippen LogP contribution is 2.32. The molecule has 21 heavy (non-hydrogen) atoms. The molecule has 0 fully saturated rings. The number of rotatable bonds is 10. The summed E-state index contributed by atoms with van der Waals surface area (Å²) in [4.78, 5) is 19.2. The van der Waals surface area contributed by atoms with Crippen molar-refractivity contribution in [2.24, 2.45) is 0 Å². The van der Waals surface area contributed by atoms with Crippen LogP contribution in [0.25, 0.3) is 0 Å². The van der Waals surface area contributed by atoms with E-state index in [-0.39, 0.29) is 17.4 Å². The summed E-state index contributed by atoms with van der Waals surface area (Å²) in [6.45, 7) is 5.15. The first kappa shape index (κ1) is 17.1. The number of anilines is 1. The summed E-state index contributed by atoms with van der Waals surface area (Å²) in [5, 5.41) is 14.2. The third-order valence-electron chi connectivity index (χ3n) is 2.60. The topological polar surface area (TPSA) is 99.4 Å². The van der Waals surface area contributed by atoms with Crippen LogP contribution in [0.15, 0.2) is 0 Å². The molecule has 8 heteroatoms. The number of hydrogen-bond donors (Lipinski definition) is 1. The molecule has 1 aromatic rings. The van der Waals surface area contributed by atoms with Crippen LogP contribution in [0.4, 0.5) is 11.5 Å². The third-order valence-corrected chi connectivity index (χ3v) is 2.60. The number of aromatic nitrogens is 2. The minimum absolute atomic E-state index is 0.0280. The highest BCUT2D eigenvalue weighted by Gasteiger charge is 2.26. The minimum Gasteiger partial charge on any atom is -0.473 e. The Balaban J connectivity index is 3.14. The van der Waals surface area contributed by atoms with Gasteiger partial charge < -0.3 is 14.8 Å². The van der Waals surface area contributed by atoms with Crippen LogP contribution in [-0.2, 0) is 11.2 Å². The Morgan fingerprint density at radius 2 is 2.00 bits per heavy atom. The summed E-state index contributed by atoms with van der Waals surface area (Å²) in [5.41, 5.74) is -0.223. The Morgan fingerprint density at radius 3 is 2.57 bits per heavy atom. The molecule has 0 spiro atoms. The van der Waals surface area contributed by atoms with Crippen LogP contribution in [0.5, 0.6) is 5.88 Å². The summed E-state index contributed by atoms with van der Waals surface area (Å²) < 4.78 is 10.3. The fourth-order valence-corrected chi connectivity index (χ4v) is 1.67. The van der Waals surface area contributed by atoms with Gasteiger partial charge in [0.2, 0.25) is 5.82 Å². The van der Waals surface area contributed by atoms with Gasteiger partial charge in [-0.2, -0.15) is 4.98 Å². The first-order chi connectivity index (χ1) is 10.1. The molecule has 0 bridgehead atoms. The zero-order valence-electron chi connectivity index (χ0n) is 12.7. The smallest absolute Gasteiger partial charge is 0.372 e. The van der Waals surface area contributed by atoms with Crippen molar-refractivity contribution in [3.05, 3.63) is 15.9 Å². The molecule has 0 aromatic carbocycles. The van der Waals surface area contributed by atoms with Gasteiger partial charge in [-0.05, 0) is 12.8 Å². The summed E-state index contributed by atoms with van der Waals surface area (Å²) in [7, 11) is 1.56. The third kappa shape index (κ3) is 5.14.